The molecule has 0 aliphatic rings. The lowest BCUT2D eigenvalue weighted by Gasteiger charge is -2.11. The van der Waals surface area contributed by atoms with E-state index in [1.807, 2.05) is 50.4 Å². The highest BCUT2D eigenvalue weighted by Crippen LogP contribution is 2.37. The number of hydrogen-bond donors (Lipinski definition) is 1. The van der Waals surface area contributed by atoms with Crippen LogP contribution in [0.1, 0.15) is 12.5 Å². The molecule has 5 rings (SSSR count). The third-order valence-electron chi connectivity index (χ3n) is 5.78. The molecule has 0 fully saturated rings. The quantitative estimate of drug-likeness (QED) is 0.412. The Kier molecular flexibility index (Phi) is 4.48. The van der Waals surface area contributed by atoms with Gasteiger partial charge in [0.1, 0.15) is 0 Å². The van der Waals surface area contributed by atoms with Gasteiger partial charge in [0.2, 0.25) is 9.84 Å². The number of sulfone groups is 1. The summed E-state index contributed by atoms with van der Waals surface area (Å²) in [6, 6.07) is 20.3. The van der Waals surface area contributed by atoms with E-state index in [1.165, 1.54) is 0 Å². The van der Waals surface area contributed by atoms with Gasteiger partial charge >= 0.3 is 0 Å². The number of aromatic nitrogens is 2. The standard InChI is InChI=1S/C25H23N3O2S/c1-4-26-23-19-7-5-6-8-21(19)27-24-20-15-18(13-14-22(20)28(3)25(23)24)31(29,30)17-11-9-16(2)10-12-17/h5-15H,4H2,1-3H3,(H,26,27). The van der Waals surface area contributed by atoms with Crippen molar-refractivity contribution >= 4 is 48.4 Å². The number of pyridine rings is 1. The van der Waals surface area contributed by atoms with Crippen molar-refractivity contribution in [1.29, 1.82) is 0 Å². The van der Waals surface area contributed by atoms with E-state index in [4.69, 9.17) is 4.98 Å². The van der Waals surface area contributed by atoms with Crippen LogP contribution in [0.3, 0.4) is 0 Å². The Morgan fingerprint density at radius 2 is 1.65 bits per heavy atom. The Bertz CT molecular complexity index is 1570. The molecule has 31 heavy (non-hydrogen) atoms. The van der Waals surface area contributed by atoms with Gasteiger partial charge < -0.3 is 9.88 Å². The highest BCUT2D eigenvalue weighted by molar-refractivity contribution is 7.91. The topological polar surface area (TPSA) is 64.0 Å². The summed E-state index contributed by atoms with van der Waals surface area (Å²) in [6.07, 6.45) is 0. The van der Waals surface area contributed by atoms with Crippen LogP contribution < -0.4 is 5.32 Å². The molecule has 5 nitrogen and oxygen atoms in total. The van der Waals surface area contributed by atoms with Crippen LogP contribution in [0.15, 0.2) is 76.5 Å². The van der Waals surface area contributed by atoms with E-state index in [0.717, 1.165) is 50.6 Å². The van der Waals surface area contributed by atoms with Crippen LogP contribution in [-0.2, 0) is 16.9 Å². The highest BCUT2D eigenvalue weighted by atomic mass is 32.2. The van der Waals surface area contributed by atoms with Gasteiger partial charge in [0.25, 0.3) is 0 Å². The molecule has 0 unspecified atom stereocenters. The summed E-state index contributed by atoms with van der Waals surface area (Å²) in [6.45, 7) is 4.78. The predicted octanol–water partition coefficient (Wildman–Crippen LogP) is 5.45. The van der Waals surface area contributed by atoms with Crippen molar-refractivity contribution in [1.82, 2.24) is 9.55 Å². The van der Waals surface area contributed by atoms with Crippen molar-refractivity contribution in [2.45, 2.75) is 23.6 Å². The molecule has 6 heteroatoms. The second kappa shape index (κ2) is 7.10. The summed E-state index contributed by atoms with van der Waals surface area (Å²) >= 11 is 0. The lowest BCUT2D eigenvalue weighted by Crippen LogP contribution is -2.02. The zero-order valence-electron chi connectivity index (χ0n) is 17.7. The Morgan fingerprint density at radius 3 is 2.39 bits per heavy atom. The van der Waals surface area contributed by atoms with Crippen LogP contribution >= 0.6 is 0 Å². The van der Waals surface area contributed by atoms with E-state index in [1.54, 1.807) is 24.3 Å². The van der Waals surface area contributed by atoms with Crippen LogP contribution in [0.4, 0.5) is 5.69 Å². The maximum absolute atomic E-state index is 13.3. The van der Waals surface area contributed by atoms with Gasteiger partial charge in [0, 0.05) is 24.4 Å². The number of benzene rings is 3. The lowest BCUT2D eigenvalue weighted by atomic mass is 10.1. The average Bonchev–Trinajstić information content (AvgIpc) is 3.05. The molecule has 0 amide bonds. The molecule has 1 N–H and O–H groups in total. The van der Waals surface area contributed by atoms with Gasteiger partial charge in [0.05, 0.1) is 37.5 Å². The first-order valence-electron chi connectivity index (χ1n) is 10.3. The molecule has 2 heterocycles. The van der Waals surface area contributed by atoms with Crippen molar-refractivity contribution in [3.8, 4) is 0 Å². The second-order valence-electron chi connectivity index (χ2n) is 7.79. The van der Waals surface area contributed by atoms with Gasteiger partial charge in [-0.25, -0.2) is 13.4 Å². The first-order chi connectivity index (χ1) is 14.9. The lowest BCUT2D eigenvalue weighted by molar-refractivity contribution is 0.596. The molecule has 156 valence electrons. The number of nitrogens with one attached hydrogen (secondary N) is 1. The van der Waals surface area contributed by atoms with Crippen molar-refractivity contribution in [2.24, 2.45) is 7.05 Å². The number of rotatable bonds is 4. The molecule has 0 aliphatic carbocycles. The number of hydrogen-bond acceptors (Lipinski definition) is 4. The molecule has 3 aromatic carbocycles. The Balaban J connectivity index is 1.83. The molecule has 2 aromatic heterocycles. The van der Waals surface area contributed by atoms with Gasteiger partial charge in [-0.05, 0) is 50.2 Å². The minimum Gasteiger partial charge on any atom is -0.383 e. The molecule has 0 bridgehead atoms. The average molecular weight is 430 g/mol. The number of nitrogens with zero attached hydrogens (tertiary/aromatic N) is 2. The molecule has 0 saturated heterocycles. The van der Waals surface area contributed by atoms with Gasteiger partial charge in [-0.1, -0.05) is 35.9 Å². The fraction of sp³-hybridized carbons (Fsp3) is 0.160. The number of anilines is 1. The van der Waals surface area contributed by atoms with Gasteiger partial charge in [0.15, 0.2) is 0 Å². The second-order valence-corrected chi connectivity index (χ2v) is 9.74. The van der Waals surface area contributed by atoms with E-state index in [0.29, 0.717) is 4.90 Å². The zero-order valence-corrected chi connectivity index (χ0v) is 18.5. The zero-order chi connectivity index (χ0) is 21.8. The number of aryl methyl sites for hydroxylation is 2. The van der Waals surface area contributed by atoms with E-state index in [2.05, 4.69) is 22.9 Å². The maximum Gasteiger partial charge on any atom is 0.206 e. The highest BCUT2D eigenvalue weighted by Gasteiger charge is 2.21. The van der Waals surface area contributed by atoms with Crippen LogP contribution in [0.25, 0.3) is 32.8 Å². The van der Waals surface area contributed by atoms with Crippen molar-refractivity contribution in [2.75, 3.05) is 11.9 Å². The number of para-hydroxylation sites is 1. The van der Waals surface area contributed by atoms with E-state index in [9.17, 15) is 8.42 Å². The third kappa shape index (κ3) is 2.98. The van der Waals surface area contributed by atoms with Crippen LogP contribution in [0.5, 0.6) is 0 Å². The molecule has 0 atom stereocenters. The molecule has 0 spiro atoms. The van der Waals surface area contributed by atoms with E-state index < -0.39 is 9.84 Å². The fourth-order valence-corrected chi connectivity index (χ4v) is 5.50. The summed E-state index contributed by atoms with van der Waals surface area (Å²) in [5.74, 6) is 0. The first-order valence-corrected chi connectivity index (χ1v) is 11.8. The third-order valence-corrected chi connectivity index (χ3v) is 7.55. The minimum atomic E-state index is -3.62. The molecular formula is C25H23N3O2S. The molecule has 0 radical (unpaired) electrons. The summed E-state index contributed by atoms with van der Waals surface area (Å²) in [4.78, 5) is 5.49. The normalized spacial score (nSPS) is 12.1. The van der Waals surface area contributed by atoms with Crippen LogP contribution in [-0.4, -0.2) is 24.5 Å². The van der Waals surface area contributed by atoms with E-state index in [-0.39, 0.29) is 4.90 Å². The fourth-order valence-electron chi connectivity index (χ4n) is 4.21. The van der Waals surface area contributed by atoms with Crippen molar-refractivity contribution < 1.29 is 8.42 Å². The maximum atomic E-state index is 13.3. The SMILES string of the molecule is CCNc1c2ccccc2nc2c3cc(S(=O)(=O)c4ccc(C)cc4)ccc3n(C)c12. The Hall–Kier alpha value is -3.38. The largest absolute Gasteiger partial charge is 0.383 e. The molecule has 5 aromatic rings. The summed E-state index contributed by atoms with van der Waals surface area (Å²) < 4.78 is 28.6. The summed E-state index contributed by atoms with van der Waals surface area (Å²) in [5.41, 5.74) is 5.64. The van der Waals surface area contributed by atoms with Crippen LogP contribution in [0, 0.1) is 6.92 Å². The van der Waals surface area contributed by atoms with Gasteiger partial charge in [-0.15, -0.1) is 0 Å². The van der Waals surface area contributed by atoms with Crippen molar-refractivity contribution in [3.05, 3.63) is 72.3 Å². The predicted molar refractivity (Wildman–Crippen MR) is 127 cm³/mol. The van der Waals surface area contributed by atoms with Crippen molar-refractivity contribution in [3.63, 3.8) is 0 Å². The van der Waals surface area contributed by atoms with Gasteiger partial charge in [-0.3, -0.25) is 0 Å². The molecular weight excluding hydrogens is 406 g/mol. The smallest absolute Gasteiger partial charge is 0.206 e. The molecule has 0 aliphatic heterocycles. The number of fused-ring (bicyclic) bond motifs is 4. The summed E-state index contributed by atoms with van der Waals surface area (Å²) in [5, 5.41) is 5.37. The Labute approximate surface area is 181 Å². The van der Waals surface area contributed by atoms with E-state index >= 15 is 0 Å². The Morgan fingerprint density at radius 1 is 0.935 bits per heavy atom. The van der Waals surface area contributed by atoms with Crippen LogP contribution in [0.2, 0.25) is 0 Å². The minimum absolute atomic E-state index is 0.274. The monoisotopic (exact) mass is 429 g/mol. The summed E-state index contributed by atoms with van der Waals surface area (Å²) in [7, 11) is -1.63. The molecule has 0 saturated carbocycles. The first kappa shape index (κ1) is 19.6. The van der Waals surface area contributed by atoms with Gasteiger partial charge in [-0.2, -0.15) is 0 Å².